The summed E-state index contributed by atoms with van der Waals surface area (Å²) in [7, 11) is 4.91. The van der Waals surface area contributed by atoms with Gasteiger partial charge in [0.05, 0.1) is 20.3 Å². The first-order chi connectivity index (χ1) is 9.65. The van der Waals surface area contributed by atoms with Crippen LogP contribution in [0.4, 0.5) is 0 Å². The van der Waals surface area contributed by atoms with E-state index in [1.807, 2.05) is 19.1 Å². The summed E-state index contributed by atoms with van der Waals surface area (Å²) in [5.41, 5.74) is 6.66. The van der Waals surface area contributed by atoms with Gasteiger partial charge in [-0.25, -0.2) is 0 Å². The van der Waals surface area contributed by atoms with Crippen molar-refractivity contribution in [3.05, 3.63) is 17.7 Å². The number of ether oxygens (including phenoxy) is 4. The van der Waals surface area contributed by atoms with E-state index in [1.165, 1.54) is 0 Å². The second-order valence-electron chi connectivity index (χ2n) is 4.58. The molecule has 1 aromatic carbocycles. The van der Waals surface area contributed by atoms with Gasteiger partial charge in [0.1, 0.15) is 0 Å². The quantitative estimate of drug-likeness (QED) is 0.751. The van der Waals surface area contributed by atoms with E-state index in [0.717, 1.165) is 18.4 Å². The van der Waals surface area contributed by atoms with Crippen LogP contribution < -0.4 is 19.9 Å². The smallest absolute Gasteiger partial charge is 0.203 e. The Morgan fingerprint density at radius 2 is 1.70 bits per heavy atom. The van der Waals surface area contributed by atoms with Gasteiger partial charge in [-0.3, -0.25) is 0 Å². The Balaban J connectivity index is 2.97. The summed E-state index contributed by atoms with van der Waals surface area (Å²) in [6.07, 6.45) is 1.58. The predicted octanol–water partition coefficient (Wildman–Crippen LogP) is 2.01. The lowest BCUT2D eigenvalue weighted by atomic mass is 10.1. The lowest BCUT2D eigenvalue weighted by Crippen LogP contribution is -2.15. The molecule has 0 aromatic heterocycles. The Bertz CT molecular complexity index is 384. The maximum atomic E-state index is 5.93. The Hall–Kier alpha value is -1.46. The molecule has 5 heteroatoms. The molecule has 0 bridgehead atoms. The van der Waals surface area contributed by atoms with Crippen molar-refractivity contribution in [2.45, 2.75) is 25.9 Å². The minimum absolute atomic E-state index is 0.0121. The molecule has 1 unspecified atom stereocenters. The number of methoxy groups -OCH3 is 3. The molecule has 0 amide bonds. The van der Waals surface area contributed by atoms with Gasteiger partial charge in [-0.05, 0) is 37.6 Å². The van der Waals surface area contributed by atoms with E-state index in [4.69, 9.17) is 24.7 Å². The molecule has 0 fully saturated rings. The zero-order valence-corrected chi connectivity index (χ0v) is 12.8. The van der Waals surface area contributed by atoms with Gasteiger partial charge in [0.15, 0.2) is 11.5 Å². The van der Waals surface area contributed by atoms with E-state index in [2.05, 4.69) is 0 Å². The molecular formula is C15H25NO4. The summed E-state index contributed by atoms with van der Waals surface area (Å²) in [6.45, 7) is 3.22. The number of benzene rings is 1. The molecule has 0 aliphatic carbocycles. The van der Waals surface area contributed by atoms with Gasteiger partial charge < -0.3 is 24.7 Å². The van der Waals surface area contributed by atoms with Crippen LogP contribution in [0.2, 0.25) is 0 Å². The van der Waals surface area contributed by atoms with Gasteiger partial charge >= 0.3 is 0 Å². The topological polar surface area (TPSA) is 62.9 Å². The monoisotopic (exact) mass is 283 g/mol. The van der Waals surface area contributed by atoms with Gasteiger partial charge in [-0.1, -0.05) is 0 Å². The third-order valence-electron chi connectivity index (χ3n) is 3.00. The number of hydrogen-bond acceptors (Lipinski definition) is 5. The van der Waals surface area contributed by atoms with Gasteiger partial charge in [-0.15, -0.1) is 0 Å². The minimum atomic E-state index is 0.0121. The highest BCUT2D eigenvalue weighted by Crippen LogP contribution is 2.39. The fraction of sp³-hybridized carbons (Fsp3) is 0.600. The zero-order valence-electron chi connectivity index (χ0n) is 12.8. The summed E-state index contributed by atoms with van der Waals surface area (Å²) in [4.78, 5) is 0. The largest absolute Gasteiger partial charge is 0.493 e. The SMILES string of the molecule is COCCC(C)Oc1c(OC)cc(CCN)cc1OC. The van der Waals surface area contributed by atoms with Gasteiger partial charge in [0.2, 0.25) is 5.75 Å². The van der Waals surface area contributed by atoms with E-state index >= 15 is 0 Å². The van der Waals surface area contributed by atoms with Crippen LogP contribution in [0.25, 0.3) is 0 Å². The molecule has 1 aromatic rings. The molecule has 0 saturated heterocycles. The maximum absolute atomic E-state index is 5.93. The number of nitrogens with two attached hydrogens (primary N) is 1. The van der Waals surface area contributed by atoms with E-state index in [1.54, 1.807) is 21.3 Å². The van der Waals surface area contributed by atoms with Crippen molar-refractivity contribution in [2.24, 2.45) is 5.73 Å². The fourth-order valence-corrected chi connectivity index (χ4v) is 1.91. The van der Waals surface area contributed by atoms with E-state index in [0.29, 0.717) is 30.4 Å². The molecule has 114 valence electrons. The van der Waals surface area contributed by atoms with Crippen LogP contribution >= 0.6 is 0 Å². The second-order valence-corrected chi connectivity index (χ2v) is 4.58. The summed E-state index contributed by atoms with van der Waals surface area (Å²) in [5.74, 6) is 1.95. The number of rotatable bonds is 9. The van der Waals surface area contributed by atoms with Gasteiger partial charge in [-0.2, -0.15) is 0 Å². The first-order valence-electron chi connectivity index (χ1n) is 6.76. The third kappa shape index (κ3) is 4.58. The molecular weight excluding hydrogens is 258 g/mol. The molecule has 1 atom stereocenters. The van der Waals surface area contributed by atoms with Crippen LogP contribution in [-0.2, 0) is 11.2 Å². The number of hydrogen-bond donors (Lipinski definition) is 1. The van der Waals surface area contributed by atoms with Crippen LogP contribution in [-0.4, -0.2) is 40.6 Å². The predicted molar refractivity (Wildman–Crippen MR) is 78.9 cm³/mol. The minimum Gasteiger partial charge on any atom is -0.493 e. The average molecular weight is 283 g/mol. The average Bonchev–Trinajstić information content (AvgIpc) is 2.46. The molecule has 5 nitrogen and oxygen atoms in total. The standard InChI is InChI=1S/C15H25NO4/c1-11(6-8-17-2)20-15-13(18-3)9-12(5-7-16)10-14(15)19-4/h9-11H,5-8,16H2,1-4H3. The summed E-state index contributed by atoms with van der Waals surface area (Å²) in [5, 5.41) is 0. The van der Waals surface area contributed by atoms with E-state index in [9.17, 15) is 0 Å². The van der Waals surface area contributed by atoms with Crippen LogP contribution in [0.3, 0.4) is 0 Å². The lowest BCUT2D eigenvalue weighted by Gasteiger charge is -2.20. The second kappa shape index (κ2) is 8.66. The zero-order chi connectivity index (χ0) is 15.0. The highest BCUT2D eigenvalue weighted by Gasteiger charge is 2.16. The van der Waals surface area contributed by atoms with E-state index in [-0.39, 0.29) is 6.10 Å². The normalized spacial score (nSPS) is 12.1. The van der Waals surface area contributed by atoms with Crippen molar-refractivity contribution in [3.63, 3.8) is 0 Å². The van der Waals surface area contributed by atoms with E-state index < -0.39 is 0 Å². The van der Waals surface area contributed by atoms with Crippen molar-refractivity contribution in [2.75, 3.05) is 34.5 Å². The molecule has 0 heterocycles. The van der Waals surface area contributed by atoms with Gasteiger partial charge in [0.25, 0.3) is 0 Å². The molecule has 2 N–H and O–H groups in total. The van der Waals surface area contributed by atoms with Crippen molar-refractivity contribution < 1.29 is 18.9 Å². The molecule has 1 rings (SSSR count). The molecule has 20 heavy (non-hydrogen) atoms. The third-order valence-corrected chi connectivity index (χ3v) is 3.00. The van der Waals surface area contributed by atoms with Crippen molar-refractivity contribution in [3.8, 4) is 17.2 Å². The van der Waals surface area contributed by atoms with Crippen molar-refractivity contribution in [1.29, 1.82) is 0 Å². The molecule has 0 aliphatic rings. The van der Waals surface area contributed by atoms with Gasteiger partial charge in [0, 0.05) is 20.1 Å². The first-order valence-corrected chi connectivity index (χ1v) is 6.76. The highest BCUT2D eigenvalue weighted by molar-refractivity contribution is 5.54. The Morgan fingerprint density at radius 3 is 2.15 bits per heavy atom. The summed E-state index contributed by atoms with van der Waals surface area (Å²) < 4.78 is 21.8. The highest BCUT2D eigenvalue weighted by atomic mass is 16.5. The maximum Gasteiger partial charge on any atom is 0.203 e. The molecule has 0 spiro atoms. The lowest BCUT2D eigenvalue weighted by molar-refractivity contribution is 0.130. The molecule has 0 saturated carbocycles. The summed E-state index contributed by atoms with van der Waals surface area (Å²) in [6, 6.07) is 3.88. The van der Waals surface area contributed by atoms with Crippen LogP contribution in [0, 0.1) is 0 Å². The van der Waals surface area contributed by atoms with Crippen molar-refractivity contribution in [1.82, 2.24) is 0 Å². The van der Waals surface area contributed by atoms with Crippen LogP contribution in [0.15, 0.2) is 12.1 Å². The molecule has 0 radical (unpaired) electrons. The Morgan fingerprint density at radius 1 is 1.10 bits per heavy atom. The first kappa shape index (κ1) is 16.6. The van der Waals surface area contributed by atoms with Crippen LogP contribution in [0.1, 0.15) is 18.9 Å². The summed E-state index contributed by atoms with van der Waals surface area (Å²) >= 11 is 0. The Labute approximate surface area is 121 Å². The van der Waals surface area contributed by atoms with Crippen molar-refractivity contribution >= 4 is 0 Å². The van der Waals surface area contributed by atoms with Crippen LogP contribution in [0.5, 0.6) is 17.2 Å². The molecule has 0 aliphatic heterocycles. The fourth-order valence-electron chi connectivity index (χ4n) is 1.91. The Kier molecular flexibility index (Phi) is 7.18.